The Hall–Kier alpha value is -1.93. The molecule has 2 nitrogen and oxygen atoms in total. The van der Waals surface area contributed by atoms with Crippen LogP contribution >= 0.6 is 0 Å². The molecule has 1 N–H and O–H groups in total. The predicted molar refractivity (Wildman–Crippen MR) is 99.6 cm³/mol. The molecule has 2 aliphatic rings. The fourth-order valence-electron chi connectivity index (χ4n) is 3.64. The Morgan fingerprint density at radius 3 is 2.23 bits per heavy atom. The summed E-state index contributed by atoms with van der Waals surface area (Å²) in [4.78, 5) is 0. The molecule has 2 atom stereocenters. The van der Waals surface area contributed by atoms with Crippen molar-refractivity contribution in [1.29, 1.82) is 0 Å². The van der Waals surface area contributed by atoms with Gasteiger partial charge in [0.2, 0.25) is 0 Å². The fraction of sp³-hybridized carbons (Fsp3) is 0.261. The number of rotatable bonds is 2. The van der Waals surface area contributed by atoms with Gasteiger partial charge >= 0.3 is 17.1 Å². The molecular formula is C23H24FeO2. The van der Waals surface area contributed by atoms with E-state index in [0.717, 1.165) is 24.8 Å². The minimum atomic E-state index is -1.02. The Morgan fingerprint density at radius 2 is 1.65 bits per heavy atom. The molecule has 2 aromatic carbocycles. The van der Waals surface area contributed by atoms with Crippen LogP contribution in [0.5, 0.6) is 0 Å². The smallest absolute Gasteiger partial charge is 0.875 e. The quantitative estimate of drug-likeness (QED) is 0.476. The van der Waals surface area contributed by atoms with Crippen LogP contribution in [-0.2, 0) is 22.7 Å². The monoisotopic (exact) mass is 388 g/mol. The van der Waals surface area contributed by atoms with Crippen LogP contribution in [0.3, 0.4) is 0 Å². The van der Waals surface area contributed by atoms with Gasteiger partial charge in [-0.3, -0.25) is 0 Å². The van der Waals surface area contributed by atoms with Crippen LogP contribution < -0.4 is 5.11 Å². The molecule has 3 heteroatoms. The van der Waals surface area contributed by atoms with E-state index in [1.165, 1.54) is 0 Å². The maximum absolute atomic E-state index is 12.7. The predicted octanol–water partition coefficient (Wildman–Crippen LogP) is 4.21. The van der Waals surface area contributed by atoms with Gasteiger partial charge in [0, 0.05) is 5.92 Å². The second-order valence-electron chi connectivity index (χ2n) is 6.59. The molecule has 2 unspecified atom stereocenters. The van der Waals surface area contributed by atoms with E-state index < -0.39 is 5.60 Å². The Morgan fingerprint density at radius 1 is 1.00 bits per heavy atom. The van der Waals surface area contributed by atoms with Crippen molar-refractivity contribution in [2.75, 3.05) is 0 Å². The van der Waals surface area contributed by atoms with Crippen molar-refractivity contribution in [3.63, 3.8) is 0 Å². The summed E-state index contributed by atoms with van der Waals surface area (Å²) in [6.07, 6.45) is 10.8. The van der Waals surface area contributed by atoms with Crippen molar-refractivity contribution in [2.45, 2.75) is 31.3 Å². The summed E-state index contributed by atoms with van der Waals surface area (Å²) >= 11 is 0. The molecule has 1 saturated carbocycles. The Balaban J connectivity index is 0.000000351. The topological polar surface area (TPSA) is 43.3 Å². The van der Waals surface area contributed by atoms with Crippen LogP contribution in [0.2, 0.25) is 0 Å². The van der Waals surface area contributed by atoms with Gasteiger partial charge in [0.25, 0.3) is 0 Å². The maximum atomic E-state index is 12.7. The first-order valence-electron chi connectivity index (χ1n) is 8.92. The van der Waals surface area contributed by atoms with Crippen LogP contribution in [0.15, 0.2) is 96.3 Å². The average Bonchev–Trinajstić information content (AvgIpc) is 3.38. The van der Waals surface area contributed by atoms with Crippen LogP contribution in [0, 0.1) is 5.92 Å². The fourth-order valence-corrected chi connectivity index (χ4v) is 3.64. The van der Waals surface area contributed by atoms with Crippen LogP contribution in [0.4, 0.5) is 0 Å². The molecule has 0 amide bonds. The van der Waals surface area contributed by atoms with Gasteiger partial charge in [0.05, 0.1) is 5.60 Å². The zero-order chi connectivity index (χ0) is 17.5. The van der Waals surface area contributed by atoms with Crippen LogP contribution in [0.1, 0.15) is 31.2 Å². The Labute approximate surface area is 166 Å². The minimum Gasteiger partial charge on any atom is -0.875 e. The third-order valence-corrected chi connectivity index (χ3v) is 4.97. The first kappa shape index (κ1) is 20.4. The van der Waals surface area contributed by atoms with E-state index in [1.807, 2.05) is 85.0 Å². The van der Waals surface area contributed by atoms with Crippen molar-refractivity contribution < 1.29 is 27.3 Å². The second kappa shape index (κ2) is 9.68. The Kier molecular flexibility index (Phi) is 7.59. The van der Waals surface area contributed by atoms with E-state index in [0.29, 0.717) is 12.0 Å². The van der Waals surface area contributed by atoms with Crippen LogP contribution in [0.25, 0.3) is 0 Å². The SMILES string of the molecule is [Fe+2].[O-]C(=C1C=CC=C1)C1CCCCC1(O)c1ccccc1.c1cc[cH-]c1. The van der Waals surface area contributed by atoms with Crippen LogP contribution in [-0.4, -0.2) is 5.11 Å². The molecule has 4 rings (SSSR count). The molecule has 2 aromatic rings. The molecule has 0 aromatic heterocycles. The largest absolute Gasteiger partial charge is 2.00 e. The Bertz CT molecular complexity index is 713. The molecule has 136 valence electrons. The first-order valence-corrected chi connectivity index (χ1v) is 8.92. The maximum Gasteiger partial charge on any atom is 2.00 e. The summed E-state index contributed by atoms with van der Waals surface area (Å²) in [5.74, 6) is -0.262. The van der Waals surface area contributed by atoms with Gasteiger partial charge in [0.1, 0.15) is 0 Å². The van der Waals surface area contributed by atoms with Crippen molar-refractivity contribution in [3.05, 3.63) is 102 Å². The van der Waals surface area contributed by atoms with Crippen molar-refractivity contribution in [3.8, 4) is 0 Å². The molecule has 2 aliphatic carbocycles. The second-order valence-corrected chi connectivity index (χ2v) is 6.59. The van der Waals surface area contributed by atoms with Gasteiger partial charge in [-0.2, -0.15) is 18.2 Å². The zero-order valence-corrected chi connectivity index (χ0v) is 15.8. The molecule has 0 aliphatic heterocycles. The zero-order valence-electron chi connectivity index (χ0n) is 14.7. The molecule has 1 fully saturated rings. The van der Waals surface area contributed by atoms with Gasteiger partial charge in [-0.1, -0.05) is 67.5 Å². The van der Waals surface area contributed by atoms with E-state index in [-0.39, 0.29) is 28.7 Å². The number of benzene rings is 1. The summed E-state index contributed by atoms with van der Waals surface area (Å²) in [6.45, 7) is 0. The summed E-state index contributed by atoms with van der Waals surface area (Å²) < 4.78 is 0. The molecule has 0 heterocycles. The number of aliphatic hydroxyl groups is 1. The van der Waals surface area contributed by atoms with Gasteiger partial charge in [0.15, 0.2) is 0 Å². The molecule has 0 radical (unpaired) electrons. The van der Waals surface area contributed by atoms with Gasteiger partial charge in [-0.25, -0.2) is 12.1 Å². The van der Waals surface area contributed by atoms with Gasteiger partial charge < -0.3 is 10.2 Å². The number of hydrogen-bond donors (Lipinski definition) is 1. The summed E-state index contributed by atoms with van der Waals surface area (Å²) in [5, 5.41) is 23.8. The number of allylic oxidation sites excluding steroid dienone is 5. The standard InChI is InChI=1S/C18H20O2.C5H5.Fe/c19-17(14-8-4-5-9-14)16-12-6-7-13-18(16,20)15-10-2-1-3-11-15;1-2-4-5-3-1;/h1-5,8-11,16,19-20H,6-7,12-13H2;1-5H;/q;-1;+2/p-1. The van der Waals surface area contributed by atoms with Gasteiger partial charge in [-0.05, 0) is 24.0 Å². The first-order chi connectivity index (χ1) is 12.2. The van der Waals surface area contributed by atoms with E-state index in [9.17, 15) is 10.2 Å². The minimum absolute atomic E-state index is 0. The van der Waals surface area contributed by atoms with Crippen molar-refractivity contribution in [1.82, 2.24) is 0 Å². The number of hydrogen-bond acceptors (Lipinski definition) is 2. The normalized spacial score (nSPS) is 23.7. The van der Waals surface area contributed by atoms with Crippen molar-refractivity contribution in [2.24, 2.45) is 5.92 Å². The molecule has 0 spiro atoms. The van der Waals surface area contributed by atoms with E-state index in [4.69, 9.17) is 0 Å². The summed E-state index contributed by atoms with van der Waals surface area (Å²) in [7, 11) is 0. The van der Waals surface area contributed by atoms with Gasteiger partial charge in [-0.15, -0.1) is 5.76 Å². The molecular weight excluding hydrogens is 364 g/mol. The molecule has 0 bridgehead atoms. The van der Waals surface area contributed by atoms with E-state index >= 15 is 0 Å². The molecule has 0 saturated heterocycles. The molecule has 26 heavy (non-hydrogen) atoms. The summed E-state index contributed by atoms with van der Waals surface area (Å²) in [5.41, 5.74) is 0.560. The summed E-state index contributed by atoms with van der Waals surface area (Å²) in [6, 6.07) is 19.6. The average molecular weight is 388 g/mol. The third kappa shape index (κ3) is 4.62. The van der Waals surface area contributed by atoms with E-state index in [2.05, 4.69) is 0 Å². The van der Waals surface area contributed by atoms with Crippen molar-refractivity contribution >= 4 is 0 Å². The third-order valence-electron chi connectivity index (χ3n) is 4.97. The van der Waals surface area contributed by atoms with E-state index in [1.54, 1.807) is 0 Å².